The number of halogens is 2. The van der Waals surface area contributed by atoms with E-state index >= 15 is 0 Å². The highest BCUT2D eigenvalue weighted by atomic mass is 35.5. The molecule has 1 atom stereocenters. The highest BCUT2D eigenvalue weighted by Crippen LogP contribution is 2.29. The van der Waals surface area contributed by atoms with Crippen molar-refractivity contribution in [1.29, 1.82) is 0 Å². The number of aliphatic hydroxyl groups is 1. The van der Waals surface area contributed by atoms with Gasteiger partial charge in [-0.2, -0.15) is 0 Å². The highest BCUT2D eigenvalue weighted by Gasteiger charge is 2.26. The van der Waals surface area contributed by atoms with E-state index in [4.69, 9.17) is 23.2 Å². The van der Waals surface area contributed by atoms with Crippen molar-refractivity contribution in [3.63, 3.8) is 0 Å². The zero-order valence-electron chi connectivity index (χ0n) is 14.5. The molecule has 130 valence electrons. The van der Waals surface area contributed by atoms with Gasteiger partial charge in [-0.05, 0) is 72.9 Å². The van der Waals surface area contributed by atoms with Gasteiger partial charge in [0.1, 0.15) is 0 Å². The van der Waals surface area contributed by atoms with Crippen LogP contribution in [-0.2, 0) is 12.8 Å². The molecule has 0 saturated carbocycles. The second-order valence-corrected chi connectivity index (χ2v) is 7.95. The molecule has 0 heterocycles. The normalized spacial score (nSPS) is 19.1. The Morgan fingerprint density at radius 1 is 0.840 bits per heavy atom. The van der Waals surface area contributed by atoms with Crippen molar-refractivity contribution in [2.75, 3.05) is 0 Å². The molecule has 0 saturated heterocycles. The number of benzene rings is 3. The zero-order valence-corrected chi connectivity index (χ0v) is 16.0. The van der Waals surface area contributed by atoms with Gasteiger partial charge < -0.3 is 5.11 Å². The number of hydrogen-bond acceptors (Lipinski definition) is 1. The Kier molecular flexibility index (Phi) is 5.38. The molecule has 0 aliphatic heterocycles. The van der Waals surface area contributed by atoms with Crippen molar-refractivity contribution in [3.8, 4) is 0 Å². The first-order valence-electron chi connectivity index (χ1n) is 8.48. The monoisotopic (exact) mass is 372 g/mol. The fraction of sp³-hybridized carbons (Fsp3) is 0.273. The summed E-state index contributed by atoms with van der Waals surface area (Å²) in [5, 5.41) is 13.9. The Morgan fingerprint density at radius 3 is 2.28 bits per heavy atom. The lowest BCUT2D eigenvalue weighted by atomic mass is 9.82. The second kappa shape index (κ2) is 7.37. The quantitative estimate of drug-likeness (QED) is 0.485. The van der Waals surface area contributed by atoms with E-state index in [9.17, 15) is 5.11 Å². The molecule has 0 amide bonds. The molecule has 0 bridgehead atoms. The van der Waals surface area contributed by atoms with Crippen LogP contribution in [0.15, 0.2) is 54.6 Å². The average molecular weight is 373 g/mol. The van der Waals surface area contributed by atoms with Crippen LogP contribution in [-0.4, -0.2) is 10.7 Å². The molecule has 3 aromatic carbocycles. The second-order valence-electron chi connectivity index (χ2n) is 7.08. The first-order chi connectivity index (χ1) is 11.8. The molecule has 3 aromatic rings. The van der Waals surface area contributed by atoms with E-state index in [1.807, 2.05) is 43.3 Å². The Hall–Kier alpha value is -1.54. The molecular formula is C22H22Cl2O. The summed E-state index contributed by atoms with van der Waals surface area (Å²) in [5.41, 5.74) is 3.28. The van der Waals surface area contributed by atoms with E-state index in [1.165, 1.54) is 27.5 Å². The van der Waals surface area contributed by atoms with Gasteiger partial charge in [0.2, 0.25) is 0 Å². The third-order valence-electron chi connectivity index (χ3n) is 4.63. The van der Waals surface area contributed by atoms with Gasteiger partial charge in [0.25, 0.3) is 0 Å². The summed E-state index contributed by atoms with van der Waals surface area (Å²) in [7, 11) is 0. The maximum Gasteiger partial charge on any atom is 0.0663 e. The Morgan fingerprint density at radius 2 is 1.48 bits per heavy atom. The summed E-state index contributed by atoms with van der Waals surface area (Å²) < 4.78 is 0. The third-order valence-corrected chi connectivity index (χ3v) is 5.10. The lowest BCUT2D eigenvalue weighted by Gasteiger charge is -2.29. The average Bonchev–Trinajstić information content (AvgIpc) is 2.55. The molecule has 0 spiro atoms. The molecule has 4 rings (SSSR count). The van der Waals surface area contributed by atoms with Crippen LogP contribution >= 0.6 is 23.2 Å². The standard InChI is InChI=1S/C11H13ClO.C11H9Cl/c1-11(13)5-4-8-6-10(12)3-2-9(8)7-11;1-8-2-3-10-7-11(12)5-4-9(10)6-8/h2-3,6,13H,4-5,7H2,1H3;2-7H,1H3. The third kappa shape index (κ3) is 4.76. The van der Waals surface area contributed by atoms with Gasteiger partial charge in [-0.25, -0.2) is 0 Å². The van der Waals surface area contributed by atoms with E-state index in [2.05, 4.69) is 25.1 Å². The maximum absolute atomic E-state index is 9.86. The van der Waals surface area contributed by atoms with Gasteiger partial charge in [0.15, 0.2) is 0 Å². The molecule has 3 heteroatoms. The van der Waals surface area contributed by atoms with Crippen LogP contribution in [0.3, 0.4) is 0 Å². The highest BCUT2D eigenvalue weighted by molar-refractivity contribution is 6.31. The lowest BCUT2D eigenvalue weighted by molar-refractivity contribution is 0.0459. The predicted octanol–water partition coefficient (Wildman–Crippen LogP) is 6.38. The number of fused-ring (bicyclic) bond motifs is 2. The van der Waals surface area contributed by atoms with Gasteiger partial charge >= 0.3 is 0 Å². The van der Waals surface area contributed by atoms with Crippen LogP contribution in [0.5, 0.6) is 0 Å². The van der Waals surface area contributed by atoms with E-state index in [-0.39, 0.29) is 0 Å². The van der Waals surface area contributed by atoms with Gasteiger partial charge in [-0.3, -0.25) is 0 Å². The van der Waals surface area contributed by atoms with E-state index in [0.717, 1.165) is 29.3 Å². The fourth-order valence-electron chi connectivity index (χ4n) is 3.24. The molecule has 1 unspecified atom stereocenters. The lowest BCUT2D eigenvalue weighted by Crippen LogP contribution is -2.31. The van der Waals surface area contributed by atoms with Crippen molar-refractivity contribution in [1.82, 2.24) is 0 Å². The summed E-state index contributed by atoms with van der Waals surface area (Å²) in [5.74, 6) is 0. The summed E-state index contributed by atoms with van der Waals surface area (Å²) in [6.45, 7) is 3.98. The van der Waals surface area contributed by atoms with Crippen molar-refractivity contribution in [2.45, 2.75) is 38.7 Å². The Bertz CT molecular complexity index is 858. The Balaban J connectivity index is 0.000000146. The van der Waals surface area contributed by atoms with E-state index in [0.29, 0.717) is 0 Å². The van der Waals surface area contributed by atoms with Crippen LogP contribution < -0.4 is 0 Å². The molecule has 1 aliphatic rings. The van der Waals surface area contributed by atoms with Gasteiger partial charge in [-0.1, -0.05) is 59.1 Å². The minimum absolute atomic E-state index is 0.527. The fourth-order valence-corrected chi connectivity index (χ4v) is 3.61. The number of hydrogen-bond donors (Lipinski definition) is 1. The maximum atomic E-state index is 9.86. The topological polar surface area (TPSA) is 20.2 Å². The van der Waals surface area contributed by atoms with Crippen LogP contribution in [0.2, 0.25) is 10.0 Å². The molecule has 0 aromatic heterocycles. The smallest absolute Gasteiger partial charge is 0.0663 e. The molecule has 1 aliphatic carbocycles. The summed E-state index contributed by atoms with van der Waals surface area (Å²) in [4.78, 5) is 0. The van der Waals surface area contributed by atoms with Gasteiger partial charge in [0, 0.05) is 16.5 Å². The van der Waals surface area contributed by atoms with Gasteiger partial charge in [-0.15, -0.1) is 0 Å². The van der Waals surface area contributed by atoms with Crippen LogP contribution in [0.1, 0.15) is 30.0 Å². The SMILES string of the molecule is CC1(O)CCc2cc(Cl)ccc2C1.Cc1ccc2cc(Cl)ccc2c1. The first kappa shape index (κ1) is 18.3. The van der Waals surface area contributed by atoms with Crippen molar-refractivity contribution in [3.05, 3.63) is 81.3 Å². The van der Waals surface area contributed by atoms with Gasteiger partial charge in [0.05, 0.1) is 5.60 Å². The number of aryl methyl sites for hydroxylation is 2. The Labute approximate surface area is 159 Å². The molecule has 1 nitrogen and oxygen atoms in total. The zero-order chi connectivity index (χ0) is 18.0. The van der Waals surface area contributed by atoms with Crippen LogP contribution in [0, 0.1) is 6.92 Å². The minimum atomic E-state index is -0.527. The molecular weight excluding hydrogens is 351 g/mol. The summed E-state index contributed by atoms with van der Waals surface area (Å²) >= 11 is 11.7. The first-order valence-corrected chi connectivity index (χ1v) is 9.24. The molecule has 25 heavy (non-hydrogen) atoms. The summed E-state index contributed by atoms with van der Waals surface area (Å²) in [6.07, 6.45) is 2.52. The molecule has 1 N–H and O–H groups in total. The van der Waals surface area contributed by atoms with Crippen molar-refractivity contribution >= 4 is 34.0 Å². The van der Waals surface area contributed by atoms with E-state index < -0.39 is 5.60 Å². The van der Waals surface area contributed by atoms with Crippen molar-refractivity contribution in [2.24, 2.45) is 0 Å². The molecule has 0 radical (unpaired) electrons. The van der Waals surface area contributed by atoms with Crippen LogP contribution in [0.25, 0.3) is 10.8 Å². The van der Waals surface area contributed by atoms with Crippen molar-refractivity contribution < 1.29 is 5.11 Å². The van der Waals surface area contributed by atoms with Crippen LogP contribution in [0.4, 0.5) is 0 Å². The van der Waals surface area contributed by atoms with E-state index in [1.54, 1.807) is 0 Å². The largest absolute Gasteiger partial charge is 0.390 e. The minimum Gasteiger partial charge on any atom is -0.390 e. The summed E-state index contributed by atoms with van der Waals surface area (Å²) in [6, 6.07) is 18.2. The predicted molar refractivity (Wildman–Crippen MR) is 108 cm³/mol. The number of rotatable bonds is 0. The molecule has 0 fully saturated rings.